The molecule has 0 bridgehead atoms. The first kappa shape index (κ1) is 18.3. The average molecular weight is 410 g/mol. The highest BCUT2D eigenvalue weighted by Crippen LogP contribution is 2.29. The zero-order chi connectivity index (χ0) is 19.6. The third-order valence-electron chi connectivity index (χ3n) is 4.11. The SMILES string of the molecule is O=S(=O)(Nc1cccc(Cl)c1)c1cn(-c2ccccc2)nc1-c1ccccc1. The van der Waals surface area contributed by atoms with Gasteiger partial charge < -0.3 is 0 Å². The summed E-state index contributed by atoms with van der Waals surface area (Å²) in [6.07, 6.45) is 1.52. The first-order chi connectivity index (χ1) is 13.5. The van der Waals surface area contributed by atoms with E-state index in [0.29, 0.717) is 22.0 Å². The van der Waals surface area contributed by atoms with Crippen LogP contribution in [0.4, 0.5) is 5.69 Å². The molecule has 0 aliphatic rings. The third-order valence-corrected chi connectivity index (χ3v) is 5.73. The van der Waals surface area contributed by atoms with Crippen molar-refractivity contribution in [1.82, 2.24) is 9.78 Å². The standard InChI is InChI=1S/C21H16ClN3O2S/c22-17-10-7-11-18(14-17)24-28(26,27)20-15-25(19-12-5-2-6-13-19)23-21(20)16-8-3-1-4-9-16/h1-15,24H. The second kappa shape index (κ2) is 7.50. The molecule has 1 N–H and O–H groups in total. The van der Waals surface area contributed by atoms with Crippen molar-refractivity contribution in [2.75, 3.05) is 4.72 Å². The van der Waals surface area contributed by atoms with Crippen LogP contribution in [-0.2, 0) is 10.0 Å². The van der Waals surface area contributed by atoms with Crippen molar-refractivity contribution in [3.05, 3.63) is 96.1 Å². The number of benzene rings is 3. The van der Waals surface area contributed by atoms with Gasteiger partial charge in [0, 0.05) is 10.6 Å². The zero-order valence-electron chi connectivity index (χ0n) is 14.7. The summed E-state index contributed by atoms with van der Waals surface area (Å²) in [7, 11) is -3.89. The Kier molecular flexibility index (Phi) is 4.90. The van der Waals surface area contributed by atoms with Crippen LogP contribution in [0.3, 0.4) is 0 Å². The first-order valence-corrected chi connectivity index (χ1v) is 10.4. The van der Waals surface area contributed by atoms with Crippen LogP contribution < -0.4 is 4.72 Å². The largest absolute Gasteiger partial charge is 0.279 e. The molecule has 4 rings (SSSR count). The fourth-order valence-electron chi connectivity index (χ4n) is 2.83. The van der Waals surface area contributed by atoms with Crippen LogP contribution >= 0.6 is 11.6 Å². The number of nitrogens with zero attached hydrogens (tertiary/aromatic N) is 2. The molecule has 0 fully saturated rings. The van der Waals surface area contributed by atoms with Crippen molar-refractivity contribution >= 4 is 27.3 Å². The second-order valence-electron chi connectivity index (χ2n) is 6.10. The van der Waals surface area contributed by atoms with Crippen molar-refractivity contribution in [2.24, 2.45) is 0 Å². The predicted octanol–water partition coefficient (Wildman–Crippen LogP) is 4.99. The summed E-state index contributed by atoms with van der Waals surface area (Å²) in [5, 5.41) is 5.00. The van der Waals surface area contributed by atoms with Gasteiger partial charge >= 0.3 is 0 Å². The highest BCUT2D eigenvalue weighted by Gasteiger charge is 2.24. The van der Waals surface area contributed by atoms with Gasteiger partial charge in [-0.25, -0.2) is 13.1 Å². The van der Waals surface area contributed by atoms with E-state index in [-0.39, 0.29) is 4.90 Å². The first-order valence-electron chi connectivity index (χ1n) is 8.52. The molecule has 0 spiro atoms. The van der Waals surface area contributed by atoms with E-state index in [2.05, 4.69) is 9.82 Å². The minimum absolute atomic E-state index is 0.0857. The molecule has 0 saturated carbocycles. The third kappa shape index (κ3) is 3.78. The van der Waals surface area contributed by atoms with E-state index < -0.39 is 10.0 Å². The second-order valence-corrected chi connectivity index (χ2v) is 8.19. The van der Waals surface area contributed by atoms with Crippen LogP contribution in [0.5, 0.6) is 0 Å². The minimum atomic E-state index is -3.89. The molecule has 0 atom stereocenters. The normalized spacial score (nSPS) is 11.3. The lowest BCUT2D eigenvalue weighted by Crippen LogP contribution is -2.13. The monoisotopic (exact) mass is 409 g/mol. The Morgan fingerprint density at radius 3 is 2.21 bits per heavy atom. The van der Waals surface area contributed by atoms with Crippen LogP contribution in [0.2, 0.25) is 5.02 Å². The minimum Gasteiger partial charge on any atom is -0.279 e. The number of para-hydroxylation sites is 1. The molecular formula is C21H16ClN3O2S. The number of nitrogens with one attached hydrogen (secondary N) is 1. The molecule has 0 aliphatic heterocycles. The smallest absolute Gasteiger partial charge is 0.265 e. The quantitative estimate of drug-likeness (QED) is 0.504. The van der Waals surface area contributed by atoms with Gasteiger partial charge in [-0.1, -0.05) is 66.2 Å². The van der Waals surface area contributed by atoms with Gasteiger partial charge in [-0.15, -0.1) is 0 Å². The van der Waals surface area contributed by atoms with Gasteiger partial charge in [0.2, 0.25) is 0 Å². The fourth-order valence-corrected chi connectivity index (χ4v) is 4.22. The van der Waals surface area contributed by atoms with Gasteiger partial charge in [0.25, 0.3) is 10.0 Å². The lowest BCUT2D eigenvalue weighted by atomic mass is 10.2. The number of sulfonamides is 1. The molecule has 140 valence electrons. The van der Waals surface area contributed by atoms with Crippen LogP contribution in [0.15, 0.2) is 96.0 Å². The van der Waals surface area contributed by atoms with E-state index in [9.17, 15) is 8.42 Å². The maximum Gasteiger partial charge on any atom is 0.265 e. The maximum atomic E-state index is 13.1. The molecule has 4 aromatic rings. The van der Waals surface area contributed by atoms with Crippen molar-refractivity contribution in [3.63, 3.8) is 0 Å². The topological polar surface area (TPSA) is 64.0 Å². The Balaban J connectivity index is 1.83. The lowest BCUT2D eigenvalue weighted by Gasteiger charge is -2.08. The molecule has 0 unspecified atom stereocenters. The van der Waals surface area contributed by atoms with Gasteiger partial charge in [0.1, 0.15) is 10.6 Å². The molecular weight excluding hydrogens is 394 g/mol. The molecule has 28 heavy (non-hydrogen) atoms. The fraction of sp³-hybridized carbons (Fsp3) is 0. The van der Waals surface area contributed by atoms with Gasteiger partial charge in [-0.3, -0.25) is 4.72 Å². The van der Waals surface area contributed by atoms with Gasteiger partial charge in [0.15, 0.2) is 0 Å². The molecule has 0 amide bonds. The Bertz CT molecular complexity index is 1210. The van der Waals surface area contributed by atoms with E-state index >= 15 is 0 Å². The summed E-state index contributed by atoms with van der Waals surface area (Å²) < 4.78 is 30.4. The molecule has 1 heterocycles. The van der Waals surface area contributed by atoms with Crippen LogP contribution in [0.1, 0.15) is 0 Å². The predicted molar refractivity (Wildman–Crippen MR) is 111 cm³/mol. The van der Waals surface area contributed by atoms with Gasteiger partial charge in [-0.05, 0) is 30.3 Å². The number of hydrogen-bond donors (Lipinski definition) is 1. The van der Waals surface area contributed by atoms with E-state index in [0.717, 1.165) is 5.69 Å². The maximum absolute atomic E-state index is 13.1. The Morgan fingerprint density at radius 1 is 0.857 bits per heavy atom. The molecule has 1 aromatic heterocycles. The van der Waals surface area contributed by atoms with E-state index in [1.54, 1.807) is 28.9 Å². The highest BCUT2D eigenvalue weighted by atomic mass is 35.5. The molecule has 7 heteroatoms. The Hall–Kier alpha value is -3.09. The Morgan fingerprint density at radius 2 is 1.54 bits per heavy atom. The van der Waals surface area contributed by atoms with Crippen molar-refractivity contribution < 1.29 is 8.42 Å². The zero-order valence-corrected chi connectivity index (χ0v) is 16.2. The van der Waals surface area contributed by atoms with E-state index in [4.69, 9.17) is 11.6 Å². The molecule has 0 aliphatic carbocycles. The summed E-state index contributed by atoms with van der Waals surface area (Å²) in [5.74, 6) is 0. The van der Waals surface area contributed by atoms with Crippen LogP contribution in [0.25, 0.3) is 16.9 Å². The molecule has 0 radical (unpaired) electrons. The number of halogens is 1. The summed E-state index contributed by atoms with van der Waals surface area (Å²) in [6.45, 7) is 0. The number of aromatic nitrogens is 2. The molecule has 5 nitrogen and oxygen atoms in total. The number of hydrogen-bond acceptors (Lipinski definition) is 3. The van der Waals surface area contributed by atoms with Crippen molar-refractivity contribution in [2.45, 2.75) is 4.90 Å². The molecule has 3 aromatic carbocycles. The van der Waals surface area contributed by atoms with Crippen LogP contribution in [-0.4, -0.2) is 18.2 Å². The van der Waals surface area contributed by atoms with Crippen molar-refractivity contribution in [1.29, 1.82) is 0 Å². The Labute approximate surface area is 168 Å². The van der Waals surface area contributed by atoms with Gasteiger partial charge in [0.05, 0.1) is 17.6 Å². The summed E-state index contributed by atoms with van der Waals surface area (Å²) in [4.78, 5) is 0.0857. The van der Waals surface area contributed by atoms with Crippen molar-refractivity contribution in [3.8, 4) is 16.9 Å². The average Bonchev–Trinajstić information content (AvgIpc) is 3.16. The lowest BCUT2D eigenvalue weighted by molar-refractivity contribution is 0.601. The summed E-state index contributed by atoms with van der Waals surface area (Å²) in [5.41, 5.74) is 2.24. The van der Waals surface area contributed by atoms with Gasteiger partial charge in [-0.2, -0.15) is 5.10 Å². The van der Waals surface area contributed by atoms with E-state index in [1.165, 1.54) is 6.20 Å². The summed E-state index contributed by atoms with van der Waals surface area (Å²) in [6, 6.07) is 25.2. The number of anilines is 1. The summed E-state index contributed by atoms with van der Waals surface area (Å²) >= 11 is 5.98. The van der Waals surface area contributed by atoms with E-state index in [1.807, 2.05) is 60.7 Å². The molecule has 0 saturated heterocycles. The number of rotatable bonds is 5. The highest BCUT2D eigenvalue weighted by molar-refractivity contribution is 7.92. The van der Waals surface area contributed by atoms with Crippen LogP contribution in [0, 0.1) is 0 Å².